The molecule has 0 bridgehead atoms. The first-order valence-electron chi connectivity index (χ1n) is 6.25. The topological polar surface area (TPSA) is 9.23 Å². The fourth-order valence-electron chi connectivity index (χ4n) is 1.63. The molecule has 0 radical (unpaired) electrons. The number of ether oxygens (including phenoxy) is 1. The minimum atomic E-state index is -0.222. The molecule has 0 amide bonds. The predicted molar refractivity (Wildman–Crippen MR) is 72.5 cm³/mol. The Morgan fingerprint density at radius 3 is 2.65 bits per heavy atom. The average Bonchev–Trinajstić information content (AvgIpc) is 2.30. The van der Waals surface area contributed by atoms with Crippen LogP contribution in [0.1, 0.15) is 44.6 Å². The highest BCUT2D eigenvalue weighted by molar-refractivity contribution is 9.10. The highest BCUT2D eigenvalue weighted by Crippen LogP contribution is 2.18. The first-order chi connectivity index (χ1) is 8.24. The van der Waals surface area contributed by atoms with Crippen LogP contribution in [-0.2, 0) is 11.3 Å². The number of benzene rings is 1. The van der Waals surface area contributed by atoms with Crippen molar-refractivity contribution in [2.75, 3.05) is 6.61 Å². The van der Waals surface area contributed by atoms with Gasteiger partial charge in [-0.3, -0.25) is 0 Å². The van der Waals surface area contributed by atoms with E-state index in [-0.39, 0.29) is 5.82 Å². The molecule has 0 N–H and O–H groups in total. The van der Waals surface area contributed by atoms with E-state index in [1.165, 1.54) is 37.8 Å². The molecule has 0 fully saturated rings. The Labute approximate surface area is 111 Å². The first kappa shape index (κ1) is 14.7. The van der Waals surface area contributed by atoms with Crippen LogP contribution >= 0.6 is 15.9 Å². The second-order valence-electron chi connectivity index (χ2n) is 4.20. The van der Waals surface area contributed by atoms with Crippen LogP contribution in [0, 0.1) is 5.82 Å². The van der Waals surface area contributed by atoms with Crippen molar-refractivity contribution in [3.63, 3.8) is 0 Å². The van der Waals surface area contributed by atoms with Crippen LogP contribution in [-0.4, -0.2) is 6.61 Å². The third-order valence-electron chi connectivity index (χ3n) is 2.66. The number of halogens is 2. The largest absolute Gasteiger partial charge is 0.377 e. The minimum Gasteiger partial charge on any atom is -0.377 e. The second-order valence-corrected chi connectivity index (χ2v) is 5.06. The number of rotatable bonds is 8. The number of hydrogen-bond donors (Lipinski definition) is 0. The summed E-state index contributed by atoms with van der Waals surface area (Å²) in [6.07, 6.45) is 6.21. The third kappa shape index (κ3) is 6.18. The molecule has 0 atom stereocenters. The third-order valence-corrected chi connectivity index (χ3v) is 3.40. The summed E-state index contributed by atoms with van der Waals surface area (Å²) in [5.41, 5.74) is 1.000. The molecule has 0 heterocycles. The molecule has 0 saturated carbocycles. The number of unbranched alkanes of at least 4 members (excludes halogenated alkanes) is 4. The van der Waals surface area contributed by atoms with Crippen LogP contribution in [0.15, 0.2) is 22.7 Å². The lowest BCUT2D eigenvalue weighted by molar-refractivity contribution is 0.116. The summed E-state index contributed by atoms with van der Waals surface area (Å²) in [6, 6.07) is 4.70. The number of hydrogen-bond acceptors (Lipinski definition) is 1. The molecule has 1 aromatic carbocycles. The van der Waals surface area contributed by atoms with Gasteiger partial charge in [-0.25, -0.2) is 4.39 Å². The second kappa shape index (κ2) is 8.65. The zero-order chi connectivity index (χ0) is 12.5. The highest BCUT2D eigenvalue weighted by atomic mass is 79.9. The molecule has 1 nitrogen and oxygen atoms in total. The fraction of sp³-hybridized carbons (Fsp3) is 0.571. The zero-order valence-electron chi connectivity index (χ0n) is 10.3. The van der Waals surface area contributed by atoms with Gasteiger partial charge in [-0.15, -0.1) is 0 Å². The molecule has 17 heavy (non-hydrogen) atoms. The van der Waals surface area contributed by atoms with Gasteiger partial charge in [0.2, 0.25) is 0 Å². The molecule has 0 aliphatic heterocycles. The van der Waals surface area contributed by atoms with E-state index in [2.05, 4.69) is 22.9 Å². The maximum atomic E-state index is 12.8. The first-order valence-corrected chi connectivity index (χ1v) is 7.05. The van der Waals surface area contributed by atoms with Gasteiger partial charge in [-0.05, 0) is 24.1 Å². The quantitative estimate of drug-likeness (QED) is 0.609. The van der Waals surface area contributed by atoms with E-state index < -0.39 is 0 Å². The molecule has 0 saturated heterocycles. The van der Waals surface area contributed by atoms with Crippen molar-refractivity contribution in [1.29, 1.82) is 0 Å². The van der Waals surface area contributed by atoms with E-state index in [1.807, 2.05) is 0 Å². The Balaban J connectivity index is 2.14. The average molecular weight is 303 g/mol. The molecule has 0 aromatic heterocycles. The molecule has 1 aromatic rings. The van der Waals surface area contributed by atoms with Crippen LogP contribution in [0.2, 0.25) is 0 Å². The lowest BCUT2D eigenvalue weighted by atomic mass is 10.2. The van der Waals surface area contributed by atoms with Crippen molar-refractivity contribution in [2.45, 2.75) is 45.6 Å². The van der Waals surface area contributed by atoms with Crippen LogP contribution in [0.25, 0.3) is 0 Å². The molecular formula is C14H20BrFO. The maximum absolute atomic E-state index is 12.8. The van der Waals surface area contributed by atoms with Gasteiger partial charge in [0.1, 0.15) is 5.82 Å². The van der Waals surface area contributed by atoms with Gasteiger partial charge in [0, 0.05) is 11.1 Å². The molecule has 0 aliphatic rings. The Kier molecular flexibility index (Phi) is 7.45. The normalized spacial score (nSPS) is 10.8. The summed E-state index contributed by atoms with van der Waals surface area (Å²) in [7, 11) is 0. The standard InChI is InChI=1S/C14H20BrFO/c1-2-3-4-5-6-9-17-11-12-7-8-13(16)10-14(12)15/h7-8,10H,2-6,9,11H2,1H3. The van der Waals surface area contributed by atoms with E-state index in [0.717, 1.165) is 23.1 Å². The predicted octanol–water partition coefficient (Wildman–Crippen LogP) is 5.08. The van der Waals surface area contributed by atoms with Crippen molar-refractivity contribution in [1.82, 2.24) is 0 Å². The molecule has 0 unspecified atom stereocenters. The summed E-state index contributed by atoms with van der Waals surface area (Å²) in [5, 5.41) is 0. The van der Waals surface area contributed by atoms with Crippen molar-refractivity contribution in [2.24, 2.45) is 0 Å². The minimum absolute atomic E-state index is 0.222. The lowest BCUT2D eigenvalue weighted by Crippen LogP contribution is -1.97. The molecule has 3 heteroatoms. The Morgan fingerprint density at radius 1 is 1.18 bits per heavy atom. The Bertz CT molecular complexity index is 328. The summed E-state index contributed by atoms with van der Waals surface area (Å²) in [5.74, 6) is -0.222. The lowest BCUT2D eigenvalue weighted by Gasteiger charge is -2.06. The summed E-state index contributed by atoms with van der Waals surface area (Å²) < 4.78 is 19.2. The summed E-state index contributed by atoms with van der Waals surface area (Å²) in [4.78, 5) is 0. The highest BCUT2D eigenvalue weighted by Gasteiger charge is 2.01. The van der Waals surface area contributed by atoms with Gasteiger partial charge in [0.15, 0.2) is 0 Å². The SMILES string of the molecule is CCCCCCCOCc1ccc(F)cc1Br. The van der Waals surface area contributed by atoms with E-state index in [4.69, 9.17) is 4.74 Å². The van der Waals surface area contributed by atoms with Crippen LogP contribution in [0.3, 0.4) is 0 Å². The van der Waals surface area contributed by atoms with Gasteiger partial charge in [0.25, 0.3) is 0 Å². The van der Waals surface area contributed by atoms with Gasteiger partial charge in [-0.1, -0.05) is 54.6 Å². The summed E-state index contributed by atoms with van der Waals surface area (Å²) in [6.45, 7) is 3.55. The van der Waals surface area contributed by atoms with Crippen LogP contribution in [0.5, 0.6) is 0 Å². The van der Waals surface area contributed by atoms with Crippen molar-refractivity contribution >= 4 is 15.9 Å². The molecule has 0 spiro atoms. The van der Waals surface area contributed by atoms with E-state index >= 15 is 0 Å². The van der Waals surface area contributed by atoms with Gasteiger partial charge in [0.05, 0.1) is 6.61 Å². The Hall–Kier alpha value is -0.410. The van der Waals surface area contributed by atoms with Crippen LogP contribution in [0.4, 0.5) is 4.39 Å². The van der Waals surface area contributed by atoms with Gasteiger partial charge >= 0.3 is 0 Å². The van der Waals surface area contributed by atoms with Crippen molar-refractivity contribution in [3.05, 3.63) is 34.1 Å². The molecular weight excluding hydrogens is 283 g/mol. The smallest absolute Gasteiger partial charge is 0.124 e. The molecule has 96 valence electrons. The van der Waals surface area contributed by atoms with Crippen LogP contribution < -0.4 is 0 Å². The van der Waals surface area contributed by atoms with Gasteiger partial charge in [-0.2, -0.15) is 0 Å². The van der Waals surface area contributed by atoms with E-state index in [1.54, 1.807) is 6.07 Å². The van der Waals surface area contributed by atoms with Crippen molar-refractivity contribution in [3.8, 4) is 0 Å². The van der Waals surface area contributed by atoms with Gasteiger partial charge < -0.3 is 4.74 Å². The Morgan fingerprint density at radius 2 is 1.94 bits per heavy atom. The molecule has 0 aliphatic carbocycles. The molecule has 1 rings (SSSR count). The van der Waals surface area contributed by atoms with Crippen molar-refractivity contribution < 1.29 is 9.13 Å². The maximum Gasteiger partial charge on any atom is 0.124 e. The monoisotopic (exact) mass is 302 g/mol. The zero-order valence-corrected chi connectivity index (χ0v) is 11.9. The summed E-state index contributed by atoms with van der Waals surface area (Å²) >= 11 is 3.33. The fourth-order valence-corrected chi connectivity index (χ4v) is 2.09. The van der Waals surface area contributed by atoms with E-state index in [0.29, 0.717) is 6.61 Å². The van der Waals surface area contributed by atoms with E-state index in [9.17, 15) is 4.39 Å².